The van der Waals surface area contributed by atoms with Crippen molar-refractivity contribution >= 4 is 23.2 Å². The van der Waals surface area contributed by atoms with E-state index in [1.165, 1.54) is 0 Å². The van der Waals surface area contributed by atoms with Crippen LogP contribution in [-0.4, -0.2) is 12.5 Å². The maximum Gasteiger partial charge on any atom is 0.238 e. The lowest BCUT2D eigenvalue weighted by Gasteiger charge is -2.18. The van der Waals surface area contributed by atoms with Crippen molar-refractivity contribution in [2.45, 2.75) is 6.04 Å². The summed E-state index contributed by atoms with van der Waals surface area (Å²) in [5, 5.41) is 6.76. The van der Waals surface area contributed by atoms with Gasteiger partial charge >= 0.3 is 0 Å². The quantitative estimate of drug-likeness (QED) is 0.838. The summed E-state index contributed by atoms with van der Waals surface area (Å²) in [6.45, 7) is 0.284. The molecule has 0 saturated carbocycles. The molecule has 0 aromatic heterocycles. The summed E-state index contributed by atoms with van der Waals surface area (Å²) in [6, 6.07) is 15.6. The van der Waals surface area contributed by atoms with Crippen LogP contribution in [0.15, 0.2) is 48.5 Å². The van der Waals surface area contributed by atoms with Gasteiger partial charge in [0.1, 0.15) is 0 Å². The largest absolute Gasteiger partial charge is 0.325 e. The van der Waals surface area contributed by atoms with Gasteiger partial charge in [-0.2, -0.15) is 0 Å². The first-order valence-electron chi connectivity index (χ1n) is 6.11. The number of amides is 1. The standard InChI is InChI=1S/C15H13ClN2O/c16-11-6-7-12-13(8-11)18-14(19)9-17-15(12)10-4-2-1-3-5-10/h1-8,15,17H,9H2,(H,18,19)/t15-/m1/s1. The van der Waals surface area contributed by atoms with E-state index in [4.69, 9.17) is 11.6 Å². The van der Waals surface area contributed by atoms with E-state index in [0.29, 0.717) is 5.02 Å². The molecule has 1 aliphatic heterocycles. The molecule has 0 spiro atoms. The van der Waals surface area contributed by atoms with Crippen LogP contribution in [0, 0.1) is 0 Å². The van der Waals surface area contributed by atoms with E-state index in [0.717, 1.165) is 16.8 Å². The molecule has 1 atom stereocenters. The van der Waals surface area contributed by atoms with Gasteiger partial charge < -0.3 is 5.32 Å². The first kappa shape index (κ1) is 12.2. The summed E-state index contributed by atoms with van der Waals surface area (Å²) in [6.07, 6.45) is 0. The summed E-state index contributed by atoms with van der Waals surface area (Å²) < 4.78 is 0. The smallest absolute Gasteiger partial charge is 0.238 e. The van der Waals surface area contributed by atoms with Crippen LogP contribution in [0.2, 0.25) is 5.02 Å². The third-order valence-electron chi connectivity index (χ3n) is 3.20. The van der Waals surface area contributed by atoms with Crippen LogP contribution in [-0.2, 0) is 4.79 Å². The zero-order valence-electron chi connectivity index (χ0n) is 10.2. The van der Waals surface area contributed by atoms with Gasteiger partial charge in [0.05, 0.1) is 12.6 Å². The van der Waals surface area contributed by atoms with E-state index < -0.39 is 0 Å². The van der Waals surface area contributed by atoms with Gasteiger partial charge in [0.2, 0.25) is 5.91 Å². The Bertz CT molecular complexity index is 613. The van der Waals surface area contributed by atoms with Crippen LogP contribution in [0.3, 0.4) is 0 Å². The molecule has 0 fully saturated rings. The van der Waals surface area contributed by atoms with Crippen LogP contribution in [0.5, 0.6) is 0 Å². The zero-order valence-corrected chi connectivity index (χ0v) is 10.9. The minimum atomic E-state index is -0.0538. The van der Waals surface area contributed by atoms with Gasteiger partial charge in [-0.1, -0.05) is 48.0 Å². The number of hydrogen-bond donors (Lipinski definition) is 2. The molecule has 2 aromatic carbocycles. The highest BCUT2D eigenvalue weighted by Crippen LogP contribution is 2.32. The Kier molecular flexibility index (Phi) is 3.23. The highest BCUT2D eigenvalue weighted by molar-refractivity contribution is 6.31. The molecule has 3 nitrogen and oxygen atoms in total. The molecule has 19 heavy (non-hydrogen) atoms. The fourth-order valence-electron chi connectivity index (χ4n) is 2.33. The molecule has 2 N–H and O–H groups in total. The molecule has 4 heteroatoms. The number of hydrogen-bond acceptors (Lipinski definition) is 2. The fourth-order valence-corrected chi connectivity index (χ4v) is 2.50. The molecule has 1 heterocycles. The number of benzene rings is 2. The monoisotopic (exact) mass is 272 g/mol. The second-order valence-corrected chi connectivity index (χ2v) is 4.94. The summed E-state index contributed by atoms with van der Waals surface area (Å²) in [5.41, 5.74) is 2.93. The summed E-state index contributed by atoms with van der Waals surface area (Å²) in [4.78, 5) is 11.7. The second kappa shape index (κ2) is 5.03. The van der Waals surface area contributed by atoms with Crippen molar-refractivity contribution in [1.82, 2.24) is 5.32 Å². The predicted molar refractivity (Wildman–Crippen MR) is 76.4 cm³/mol. The van der Waals surface area contributed by atoms with Crippen molar-refractivity contribution in [1.29, 1.82) is 0 Å². The molecular formula is C15H13ClN2O. The molecule has 1 amide bonds. The second-order valence-electron chi connectivity index (χ2n) is 4.50. The Balaban J connectivity index is 2.10. The third-order valence-corrected chi connectivity index (χ3v) is 3.44. The third kappa shape index (κ3) is 2.48. The van der Waals surface area contributed by atoms with Crippen molar-refractivity contribution in [3.63, 3.8) is 0 Å². The lowest BCUT2D eigenvalue weighted by Crippen LogP contribution is -2.27. The average molecular weight is 273 g/mol. The molecule has 0 bridgehead atoms. The molecule has 2 aromatic rings. The van der Waals surface area contributed by atoms with Gasteiger partial charge in [-0.3, -0.25) is 10.1 Å². The average Bonchev–Trinajstić information content (AvgIpc) is 2.57. The SMILES string of the molecule is O=C1CN[C@H](c2ccccc2)c2ccc(Cl)cc2N1. The van der Waals surface area contributed by atoms with Crippen LogP contribution in [0.4, 0.5) is 5.69 Å². The number of carbonyl (C=O) groups excluding carboxylic acids is 1. The topological polar surface area (TPSA) is 41.1 Å². The minimum absolute atomic E-state index is 0.00702. The Morgan fingerprint density at radius 3 is 2.68 bits per heavy atom. The van der Waals surface area contributed by atoms with Crippen LogP contribution < -0.4 is 10.6 Å². The lowest BCUT2D eigenvalue weighted by molar-refractivity contribution is -0.115. The Hall–Kier alpha value is -1.84. The number of nitrogens with one attached hydrogen (secondary N) is 2. The maximum absolute atomic E-state index is 11.7. The van der Waals surface area contributed by atoms with Crippen molar-refractivity contribution in [2.75, 3.05) is 11.9 Å². The molecular weight excluding hydrogens is 260 g/mol. The van der Waals surface area contributed by atoms with Crippen molar-refractivity contribution in [2.24, 2.45) is 0 Å². The number of fused-ring (bicyclic) bond motifs is 1. The molecule has 0 unspecified atom stereocenters. The maximum atomic E-state index is 11.7. The molecule has 3 rings (SSSR count). The predicted octanol–water partition coefficient (Wildman–Crippen LogP) is 2.97. The molecule has 96 valence electrons. The number of halogens is 1. The zero-order chi connectivity index (χ0) is 13.2. The summed E-state index contributed by atoms with van der Waals surface area (Å²) in [7, 11) is 0. The number of rotatable bonds is 1. The fraction of sp³-hybridized carbons (Fsp3) is 0.133. The van der Waals surface area contributed by atoms with E-state index in [2.05, 4.69) is 10.6 Å². The van der Waals surface area contributed by atoms with Gasteiger partial charge in [0, 0.05) is 10.7 Å². The van der Waals surface area contributed by atoms with Crippen molar-refractivity contribution in [3.05, 3.63) is 64.7 Å². The molecule has 0 radical (unpaired) electrons. The Labute approximate surface area is 116 Å². The van der Waals surface area contributed by atoms with Crippen molar-refractivity contribution < 1.29 is 4.79 Å². The highest BCUT2D eigenvalue weighted by atomic mass is 35.5. The lowest BCUT2D eigenvalue weighted by atomic mass is 9.97. The van der Waals surface area contributed by atoms with E-state index in [-0.39, 0.29) is 18.5 Å². The highest BCUT2D eigenvalue weighted by Gasteiger charge is 2.22. The molecule has 0 saturated heterocycles. The van der Waals surface area contributed by atoms with Crippen LogP contribution in [0.25, 0.3) is 0 Å². The summed E-state index contributed by atoms with van der Waals surface area (Å²) >= 11 is 6.00. The Morgan fingerprint density at radius 2 is 1.89 bits per heavy atom. The van der Waals surface area contributed by atoms with Gasteiger partial charge in [0.25, 0.3) is 0 Å². The normalized spacial score (nSPS) is 18.4. The summed E-state index contributed by atoms with van der Waals surface area (Å²) in [5.74, 6) is -0.0538. The number of carbonyl (C=O) groups is 1. The van der Waals surface area contributed by atoms with E-state index in [1.807, 2.05) is 42.5 Å². The van der Waals surface area contributed by atoms with Gasteiger partial charge in [-0.25, -0.2) is 0 Å². The van der Waals surface area contributed by atoms with E-state index in [9.17, 15) is 4.79 Å². The minimum Gasteiger partial charge on any atom is -0.325 e. The van der Waals surface area contributed by atoms with Crippen molar-refractivity contribution in [3.8, 4) is 0 Å². The van der Waals surface area contributed by atoms with Crippen LogP contribution in [0.1, 0.15) is 17.2 Å². The Morgan fingerprint density at radius 1 is 1.11 bits per heavy atom. The van der Waals surface area contributed by atoms with Crippen LogP contribution >= 0.6 is 11.6 Å². The molecule has 1 aliphatic rings. The van der Waals surface area contributed by atoms with E-state index >= 15 is 0 Å². The van der Waals surface area contributed by atoms with E-state index in [1.54, 1.807) is 6.07 Å². The molecule has 0 aliphatic carbocycles. The first-order chi connectivity index (χ1) is 9.24. The van der Waals surface area contributed by atoms with Gasteiger partial charge in [0.15, 0.2) is 0 Å². The first-order valence-corrected chi connectivity index (χ1v) is 6.49. The van der Waals surface area contributed by atoms with Gasteiger partial charge in [-0.05, 0) is 23.3 Å². The number of anilines is 1. The van der Waals surface area contributed by atoms with Gasteiger partial charge in [-0.15, -0.1) is 0 Å².